The molecular formula is C17H11BrClN3O3. The molecule has 6 nitrogen and oxygen atoms in total. The number of nitrogens with zero attached hydrogens (tertiary/aromatic N) is 3. The maximum atomic E-state index is 12.9. The first kappa shape index (κ1) is 17.3. The molecule has 0 N–H and O–H groups in total. The van der Waals surface area contributed by atoms with Crippen molar-refractivity contribution in [1.82, 2.24) is 14.8 Å². The van der Waals surface area contributed by atoms with Gasteiger partial charge in [-0.05, 0) is 34.1 Å². The highest BCUT2D eigenvalue weighted by atomic mass is 79.9. The Kier molecular flexibility index (Phi) is 5.25. The summed E-state index contributed by atoms with van der Waals surface area (Å²) >= 11 is 9.40. The van der Waals surface area contributed by atoms with Crippen molar-refractivity contribution in [3.05, 3.63) is 75.2 Å². The molecule has 0 amide bonds. The van der Waals surface area contributed by atoms with Crippen LogP contribution in [0.2, 0.25) is 5.02 Å². The lowest BCUT2D eigenvalue weighted by Gasteiger charge is -2.13. The summed E-state index contributed by atoms with van der Waals surface area (Å²) in [6, 6.07) is 13.8. The predicted molar refractivity (Wildman–Crippen MR) is 94.8 cm³/mol. The topological polar surface area (TPSA) is 74.1 Å². The van der Waals surface area contributed by atoms with E-state index in [0.29, 0.717) is 38.9 Å². The molecule has 0 fully saturated rings. The lowest BCUT2D eigenvalue weighted by molar-refractivity contribution is -0.130. The first-order valence-electron chi connectivity index (χ1n) is 7.16. The zero-order valence-electron chi connectivity index (χ0n) is 12.7. The number of ketones is 1. The van der Waals surface area contributed by atoms with Crippen LogP contribution in [0.25, 0.3) is 5.69 Å². The summed E-state index contributed by atoms with van der Waals surface area (Å²) in [6.45, 7) is 0.245. The van der Waals surface area contributed by atoms with Crippen LogP contribution in [-0.4, -0.2) is 27.0 Å². The average molecular weight is 421 g/mol. The first-order chi connectivity index (χ1) is 12.1. The fourth-order valence-electron chi connectivity index (χ4n) is 2.37. The Morgan fingerprint density at radius 3 is 2.68 bits per heavy atom. The van der Waals surface area contributed by atoms with Crippen molar-refractivity contribution in [3.8, 4) is 5.69 Å². The summed E-state index contributed by atoms with van der Waals surface area (Å²) in [5, 5.41) is 8.32. The van der Waals surface area contributed by atoms with E-state index in [4.69, 9.17) is 16.3 Å². The molecule has 126 valence electrons. The van der Waals surface area contributed by atoms with Gasteiger partial charge in [0.1, 0.15) is 0 Å². The van der Waals surface area contributed by atoms with Crippen molar-refractivity contribution >= 4 is 39.8 Å². The van der Waals surface area contributed by atoms with Crippen LogP contribution in [0.1, 0.15) is 21.7 Å². The Morgan fingerprint density at radius 1 is 1.20 bits per heavy atom. The maximum Gasteiger partial charge on any atom is 0.293 e. The zero-order valence-corrected chi connectivity index (χ0v) is 15.1. The van der Waals surface area contributed by atoms with Gasteiger partial charge in [0, 0.05) is 16.1 Å². The second-order valence-corrected chi connectivity index (χ2v) is 6.13. The molecule has 2 aromatic carbocycles. The van der Waals surface area contributed by atoms with Gasteiger partial charge in [-0.15, -0.1) is 10.2 Å². The van der Waals surface area contributed by atoms with E-state index in [1.807, 2.05) is 6.07 Å². The SMILES string of the molecule is O=COCc1nnc(Br)n1-c1ccc(Cl)cc1C(=O)c1ccccc1. The van der Waals surface area contributed by atoms with Gasteiger partial charge >= 0.3 is 0 Å². The highest BCUT2D eigenvalue weighted by molar-refractivity contribution is 9.10. The highest BCUT2D eigenvalue weighted by Crippen LogP contribution is 2.26. The molecule has 0 saturated heterocycles. The number of hydrogen-bond donors (Lipinski definition) is 0. The normalized spacial score (nSPS) is 10.5. The van der Waals surface area contributed by atoms with Crippen LogP contribution >= 0.6 is 27.5 Å². The molecule has 0 spiro atoms. The first-order valence-corrected chi connectivity index (χ1v) is 8.33. The van der Waals surface area contributed by atoms with Crippen LogP contribution < -0.4 is 0 Å². The summed E-state index contributed by atoms with van der Waals surface area (Å²) in [5.41, 5.74) is 1.44. The van der Waals surface area contributed by atoms with Gasteiger partial charge in [-0.2, -0.15) is 0 Å². The van der Waals surface area contributed by atoms with Crippen LogP contribution in [-0.2, 0) is 16.1 Å². The second kappa shape index (κ2) is 7.58. The second-order valence-electron chi connectivity index (χ2n) is 4.98. The molecule has 3 rings (SSSR count). The van der Waals surface area contributed by atoms with Gasteiger partial charge in [0.2, 0.25) is 4.73 Å². The highest BCUT2D eigenvalue weighted by Gasteiger charge is 2.20. The molecule has 3 aromatic rings. The van der Waals surface area contributed by atoms with Gasteiger partial charge in [-0.1, -0.05) is 41.9 Å². The monoisotopic (exact) mass is 419 g/mol. The number of carbonyl (C=O) groups excluding carboxylic acids is 2. The number of ether oxygens (including phenoxy) is 1. The molecule has 0 aliphatic heterocycles. The molecule has 1 aromatic heterocycles. The number of aromatic nitrogens is 3. The van der Waals surface area contributed by atoms with Gasteiger partial charge < -0.3 is 4.74 Å². The molecule has 0 aliphatic rings. The third-order valence-electron chi connectivity index (χ3n) is 3.45. The van der Waals surface area contributed by atoms with Crippen molar-refractivity contribution in [3.63, 3.8) is 0 Å². The van der Waals surface area contributed by atoms with E-state index in [9.17, 15) is 9.59 Å². The molecule has 1 heterocycles. The van der Waals surface area contributed by atoms with E-state index in [0.717, 1.165) is 0 Å². The Labute approximate surface area is 156 Å². The van der Waals surface area contributed by atoms with Crippen LogP contribution in [0.5, 0.6) is 0 Å². The van der Waals surface area contributed by atoms with Gasteiger partial charge in [0.05, 0.1) is 5.69 Å². The Bertz CT molecular complexity index is 928. The molecule has 0 bridgehead atoms. The minimum absolute atomic E-state index is 0.0797. The predicted octanol–water partition coefficient (Wildman–Crippen LogP) is 3.59. The van der Waals surface area contributed by atoms with E-state index in [-0.39, 0.29) is 12.4 Å². The van der Waals surface area contributed by atoms with E-state index in [1.165, 1.54) is 0 Å². The molecule has 0 unspecified atom stereocenters. The number of hydrogen-bond acceptors (Lipinski definition) is 5. The van der Waals surface area contributed by atoms with Crippen molar-refractivity contribution in [2.45, 2.75) is 6.61 Å². The minimum atomic E-state index is -0.194. The van der Waals surface area contributed by atoms with Gasteiger partial charge in [0.25, 0.3) is 6.47 Å². The molecule has 0 atom stereocenters. The fourth-order valence-corrected chi connectivity index (χ4v) is 3.01. The van der Waals surface area contributed by atoms with Crippen molar-refractivity contribution in [2.75, 3.05) is 0 Å². The summed E-state index contributed by atoms with van der Waals surface area (Å²) in [5.74, 6) is 0.171. The third kappa shape index (κ3) is 3.62. The summed E-state index contributed by atoms with van der Waals surface area (Å²) in [7, 11) is 0. The molecule has 0 saturated carbocycles. The number of carbonyl (C=O) groups is 2. The van der Waals surface area contributed by atoms with Crippen molar-refractivity contribution in [2.24, 2.45) is 0 Å². The molecule has 0 radical (unpaired) electrons. The number of benzene rings is 2. The van der Waals surface area contributed by atoms with Gasteiger partial charge in [-0.3, -0.25) is 14.2 Å². The lowest BCUT2D eigenvalue weighted by atomic mass is 10.0. The van der Waals surface area contributed by atoms with Crippen LogP contribution in [0.4, 0.5) is 0 Å². The van der Waals surface area contributed by atoms with Crippen LogP contribution in [0, 0.1) is 0 Å². The molecule has 8 heteroatoms. The lowest BCUT2D eigenvalue weighted by Crippen LogP contribution is -2.11. The van der Waals surface area contributed by atoms with E-state index >= 15 is 0 Å². The van der Waals surface area contributed by atoms with Crippen LogP contribution in [0.3, 0.4) is 0 Å². The van der Waals surface area contributed by atoms with Gasteiger partial charge in [-0.25, -0.2) is 0 Å². The fraction of sp³-hybridized carbons (Fsp3) is 0.0588. The smallest absolute Gasteiger partial charge is 0.293 e. The van der Waals surface area contributed by atoms with Crippen molar-refractivity contribution < 1.29 is 14.3 Å². The standard InChI is InChI=1S/C17H11BrClN3O3/c18-17-21-20-15(9-25-10-23)22(17)14-7-6-12(19)8-13(14)16(24)11-4-2-1-3-5-11/h1-8,10H,9H2. The summed E-state index contributed by atoms with van der Waals surface area (Å²) < 4.78 is 6.74. The largest absolute Gasteiger partial charge is 0.460 e. The molecule has 25 heavy (non-hydrogen) atoms. The Morgan fingerprint density at radius 2 is 1.96 bits per heavy atom. The van der Waals surface area contributed by atoms with E-state index in [2.05, 4.69) is 26.1 Å². The summed E-state index contributed by atoms with van der Waals surface area (Å²) in [6.07, 6.45) is 0. The molecular weight excluding hydrogens is 410 g/mol. The molecule has 0 aliphatic carbocycles. The van der Waals surface area contributed by atoms with E-state index < -0.39 is 0 Å². The zero-order chi connectivity index (χ0) is 17.8. The number of halogens is 2. The average Bonchev–Trinajstić information content (AvgIpc) is 3.00. The quantitative estimate of drug-likeness (QED) is 0.450. The Hall–Kier alpha value is -2.51. The van der Waals surface area contributed by atoms with E-state index in [1.54, 1.807) is 47.0 Å². The van der Waals surface area contributed by atoms with Crippen LogP contribution in [0.15, 0.2) is 53.3 Å². The Balaban J connectivity index is 2.14. The summed E-state index contributed by atoms with van der Waals surface area (Å²) in [4.78, 5) is 23.4. The van der Waals surface area contributed by atoms with Crippen molar-refractivity contribution in [1.29, 1.82) is 0 Å². The maximum absolute atomic E-state index is 12.9. The number of rotatable bonds is 6. The minimum Gasteiger partial charge on any atom is -0.460 e. The third-order valence-corrected chi connectivity index (χ3v) is 4.20. The van der Waals surface area contributed by atoms with Gasteiger partial charge in [0.15, 0.2) is 18.2 Å².